The summed E-state index contributed by atoms with van der Waals surface area (Å²) in [4.78, 5) is 11.6. The fraction of sp³-hybridized carbons (Fsp3) is 0.368. The van der Waals surface area contributed by atoms with Crippen molar-refractivity contribution in [1.29, 1.82) is 0 Å². The summed E-state index contributed by atoms with van der Waals surface area (Å²) in [5, 5.41) is 3.49. The Balaban J connectivity index is 1.67. The van der Waals surface area contributed by atoms with Gasteiger partial charge in [0.15, 0.2) is 5.96 Å². The zero-order chi connectivity index (χ0) is 15.7. The van der Waals surface area contributed by atoms with Gasteiger partial charge < -0.3 is 10.2 Å². The van der Waals surface area contributed by atoms with Crippen molar-refractivity contribution in [2.45, 2.75) is 25.7 Å². The van der Waals surface area contributed by atoms with Gasteiger partial charge in [0.25, 0.3) is 0 Å². The van der Waals surface area contributed by atoms with Gasteiger partial charge in [-0.1, -0.05) is 24.3 Å². The third-order valence-corrected chi connectivity index (χ3v) is 4.04. The van der Waals surface area contributed by atoms with E-state index < -0.39 is 0 Å². The quantitative estimate of drug-likeness (QED) is 0.693. The topological polar surface area (TPSA) is 40.5 Å². The van der Waals surface area contributed by atoms with Gasteiger partial charge >= 0.3 is 0 Å². The molecule has 0 amide bonds. The van der Waals surface area contributed by atoms with Crippen molar-refractivity contribution in [3.63, 3.8) is 0 Å². The van der Waals surface area contributed by atoms with Crippen molar-refractivity contribution < 1.29 is 0 Å². The average molecular weight is 308 g/mol. The number of aromatic nitrogens is 1. The summed E-state index contributed by atoms with van der Waals surface area (Å²) >= 11 is 0. The van der Waals surface area contributed by atoms with Gasteiger partial charge in [0, 0.05) is 43.6 Å². The maximum Gasteiger partial charge on any atom is 0.198 e. The second-order valence-electron chi connectivity index (χ2n) is 5.82. The molecule has 0 saturated carbocycles. The van der Waals surface area contributed by atoms with Crippen LogP contribution in [0.2, 0.25) is 0 Å². The molecular weight excluding hydrogens is 284 g/mol. The van der Waals surface area contributed by atoms with Gasteiger partial charge in [0.05, 0.1) is 0 Å². The third kappa shape index (κ3) is 4.81. The molecule has 2 heterocycles. The summed E-state index contributed by atoms with van der Waals surface area (Å²) in [6.45, 7) is 2.92. The fourth-order valence-corrected chi connectivity index (χ4v) is 2.80. The van der Waals surface area contributed by atoms with E-state index in [1.54, 1.807) is 0 Å². The van der Waals surface area contributed by atoms with E-state index in [9.17, 15) is 0 Å². The maximum atomic E-state index is 4.83. The summed E-state index contributed by atoms with van der Waals surface area (Å²) in [5.74, 6) is 0.992. The maximum absolute atomic E-state index is 4.83. The number of likely N-dealkylation sites (tertiary alicyclic amines) is 1. The number of hydrogen-bond acceptors (Lipinski definition) is 2. The molecule has 1 aliphatic heterocycles. The van der Waals surface area contributed by atoms with Crippen LogP contribution in [0.4, 0.5) is 5.69 Å². The number of nitrogens with zero attached hydrogens (tertiary/aromatic N) is 3. The highest BCUT2D eigenvalue weighted by atomic mass is 15.3. The van der Waals surface area contributed by atoms with Crippen LogP contribution < -0.4 is 5.32 Å². The van der Waals surface area contributed by atoms with Crippen LogP contribution in [0.3, 0.4) is 0 Å². The van der Waals surface area contributed by atoms with Crippen molar-refractivity contribution in [3.05, 3.63) is 60.4 Å². The van der Waals surface area contributed by atoms with Crippen molar-refractivity contribution in [1.82, 2.24) is 9.88 Å². The van der Waals surface area contributed by atoms with Gasteiger partial charge in [0.2, 0.25) is 0 Å². The lowest BCUT2D eigenvalue weighted by Gasteiger charge is -2.30. The van der Waals surface area contributed by atoms with E-state index in [0.29, 0.717) is 0 Å². The van der Waals surface area contributed by atoms with E-state index in [1.165, 1.54) is 19.3 Å². The Morgan fingerprint density at radius 2 is 1.78 bits per heavy atom. The second kappa shape index (κ2) is 8.32. The highest BCUT2D eigenvalue weighted by molar-refractivity contribution is 5.93. The van der Waals surface area contributed by atoms with E-state index in [0.717, 1.165) is 43.4 Å². The number of guanidine groups is 1. The van der Waals surface area contributed by atoms with E-state index in [-0.39, 0.29) is 0 Å². The van der Waals surface area contributed by atoms with Crippen molar-refractivity contribution in [3.8, 4) is 0 Å². The molecule has 4 nitrogen and oxygen atoms in total. The highest BCUT2D eigenvalue weighted by Gasteiger charge is 2.14. The molecule has 0 spiro atoms. The number of piperidine rings is 1. The van der Waals surface area contributed by atoms with Gasteiger partial charge in [-0.05, 0) is 43.5 Å². The summed E-state index contributed by atoms with van der Waals surface area (Å²) < 4.78 is 0. The number of aliphatic imine (C=N–C) groups is 1. The Morgan fingerprint density at radius 3 is 2.52 bits per heavy atom. The zero-order valence-corrected chi connectivity index (χ0v) is 13.5. The van der Waals surface area contributed by atoms with Gasteiger partial charge in [-0.25, -0.2) is 0 Å². The summed E-state index contributed by atoms with van der Waals surface area (Å²) in [5.41, 5.74) is 2.18. The van der Waals surface area contributed by atoms with Crippen LogP contribution in [-0.2, 0) is 6.42 Å². The SMILES string of the molecule is c1ccc(NC(=NCCc2ccccn2)N2CCCCC2)cc1. The molecule has 1 aliphatic rings. The third-order valence-electron chi connectivity index (χ3n) is 4.04. The molecule has 0 bridgehead atoms. The van der Waals surface area contributed by atoms with Crippen LogP contribution >= 0.6 is 0 Å². The number of pyridine rings is 1. The Labute approximate surface area is 138 Å². The van der Waals surface area contributed by atoms with Crippen LogP contribution in [0.5, 0.6) is 0 Å². The lowest BCUT2D eigenvalue weighted by Crippen LogP contribution is -2.40. The number of benzene rings is 1. The van der Waals surface area contributed by atoms with Crippen molar-refractivity contribution >= 4 is 11.6 Å². The Morgan fingerprint density at radius 1 is 1.00 bits per heavy atom. The van der Waals surface area contributed by atoms with E-state index in [4.69, 9.17) is 4.99 Å². The first-order valence-electron chi connectivity index (χ1n) is 8.43. The van der Waals surface area contributed by atoms with Crippen LogP contribution in [0, 0.1) is 0 Å². The largest absolute Gasteiger partial charge is 0.343 e. The van der Waals surface area contributed by atoms with Crippen molar-refractivity contribution in [2.75, 3.05) is 25.0 Å². The minimum absolute atomic E-state index is 0.753. The van der Waals surface area contributed by atoms with Gasteiger partial charge in [-0.2, -0.15) is 0 Å². The molecule has 0 aliphatic carbocycles. The first-order chi connectivity index (χ1) is 11.4. The number of hydrogen-bond donors (Lipinski definition) is 1. The number of rotatable bonds is 4. The molecule has 1 saturated heterocycles. The van der Waals surface area contributed by atoms with Crippen LogP contribution in [0.15, 0.2) is 59.7 Å². The predicted octanol–water partition coefficient (Wildman–Crippen LogP) is 3.58. The molecule has 0 atom stereocenters. The lowest BCUT2D eigenvalue weighted by molar-refractivity contribution is 0.340. The minimum Gasteiger partial charge on any atom is -0.343 e. The predicted molar refractivity (Wildman–Crippen MR) is 95.7 cm³/mol. The molecule has 3 rings (SSSR count). The average Bonchev–Trinajstić information content (AvgIpc) is 2.63. The standard InChI is InChI=1S/C19H24N4/c1-3-10-18(11-4-1)22-19(23-15-7-2-8-16-23)21-14-12-17-9-5-6-13-20-17/h1,3-6,9-11,13H,2,7-8,12,14-16H2,(H,21,22). The summed E-state index contributed by atoms with van der Waals surface area (Å²) in [7, 11) is 0. The highest BCUT2D eigenvalue weighted by Crippen LogP contribution is 2.12. The van der Waals surface area contributed by atoms with E-state index in [1.807, 2.05) is 36.5 Å². The number of nitrogens with one attached hydrogen (secondary N) is 1. The lowest BCUT2D eigenvalue weighted by atomic mass is 10.1. The molecule has 4 heteroatoms. The molecular formula is C19H24N4. The first kappa shape index (κ1) is 15.5. The van der Waals surface area contributed by atoms with Crippen LogP contribution in [0.25, 0.3) is 0 Å². The fourth-order valence-electron chi connectivity index (χ4n) is 2.80. The van der Waals surface area contributed by atoms with Gasteiger partial charge in [-0.15, -0.1) is 0 Å². The Hall–Kier alpha value is -2.36. The van der Waals surface area contributed by atoms with Crippen LogP contribution in [-0.4, -0.2) is 35.5 Å². The van der Waals surface area contributed by atoms with Gasteiger partial charge in [-0.3, -0.25) is 9.98 Å². The molecule has 1 fully saturated rings. The molecule has 1 aromatic heterocycles. The Bertz CT molecular complexity index is 604. The monoisotopic (exact) mass is 308 g/mol. The Kier molecular flexibility index (Phi) is 5.62. The molecule has 23 heavy (non-hydrogen) atoms. The normalized spacial score (nSPS) is 15.5. The molecule has 1 N–H and O–H groups in total. The molecule has 2 aromatic rings. The number of anilines is 1. The van der Waals surface area contributed by atoms with Crippen LogP contribution in [0.1, 0.15) is 25.0 Å². The minimum atomic E-state index is 0.753. The van der Waals surface area contributed by atoms with E-state index >= 15 is 0 Å². The second-order valence-corrected chi connectivity index (χ2v) is 5.82. The zero-order valence-electron chi connectivity index (χ0n) is 13.5. The summed E-state index contributed by atoms with van der Waals surface area (Å²) in [6, 6.07) is 16.3. The molecule has 0 unspecified atom stereocenters. The first-order valence-corrected chi connectivity index (χ1v) is 8.43. The molecule has 0 radical (unpaired) electrons. The smallest absolute Gasteiger partial charge is 0.198 e. The summed E-state index contributed by atoms with van der Waals surface area (Å²) in [6.07, 6.45) is 6.52. The molecule has 1 aromatic carbocycles. The van der Waals surface area contributed by atoms with E-state index in [2.05, 4.69) is 33.4 Å². The van der Waals surface area contributed by atoms with Gasteiger partial charge in [0.1, 0.15) is 0 Å². The van der Waals surface area contributed by atoms with Crippen molar-refractivity contribution in [2.24, 2.45) is 4.99 Å². The molecule has 120 valence electrons. The number of para-hydroxylation sites is 1.